The molecule has 2 fully saturated rings. The average molecular weight is 353 g/mol. The molecule has 0 atom stereocenters. The van der Waals surface area contributed by atoms with Crippen molar-refractivity contribution >= 4 is 23.5 Å². The smallest absolute Gasteiger partial charge is 0.329 e. The van der Waals surface area contributed by atoms with Gasteiger partial charge in [-0.15, -0.1) is 0 Å². The Balaban J connectivity index is 1.41. The van der Waals surface area contributed by atoms with E-state index in [4.69, 9.17) is 0 Å². The minimum absolute atomic E-state index is 0.00478. The minimum atomic E-state index is -0.447. The minimum Gasteiger partial charge on any atom is -0.336 e. The van der Waals surface area contributed by atoms with Gasteiger partial charge >= 0.3 is 6.03 Å². The highest BCUT2D eigenvalue weighted by Crippen LogP contribution is 2.39. The number of hydrogen-bond donors (Lipinski definition) is 2. The highest BCUT2D eigenvalue weighted by Gasteiger charge is 2.28. The number of urea groups is 1. The Morgan fingerprint density at radius 1 is 1.27 bits per heavy atom. The average Bonchev–Trinajstić information content (AvgIpc) is 3.29. The standard InChI is InChI=1S/C18H19N5O3/c1-22(9-13-8-15(21-20-13)11-2-3-11)17(25)12-4-6-14(7-5-12)23-10-16(24)19-18(23)26/h4-8,11H,2-3,9-10H2,1H3,(H,20,21)(H,19,24,26). The van der Waals surface area contributed by atoms with Gasteiger partial charge in [-0.05, 0) is 43.2 Å². The Labute approximate surface area is 150 Å². The third-order valence-electron chi connectivity index (χ3n) is 4.62. The van der Waals surface area contributed by atoms with Crippen molar-refractivity contribution in [1.29, 1.82) is 0 Å². The number of hydrogen-bond acceptors (Lipinski definition) is 4. The van der Waals surface area contributed by atoms with Gasteiger partial charge in [0, 0.05) is 24.2 Å². The van der Waals surface area contributed by atoms with E-state index >= 15 is 0 Å². The van der Waals surface area contributed by atoms with Gasteiger partial charge in [0.15, 0.2) is 0 Å². The van der Waals surface area contributed by atoms with E-state index in [9.17, 15) is 14.4 Å². The molecular formula is C18H19N5O3. The number of aromatic amines is 1. The molecule has 8 heteroatoms. The number of carbonyl (C=O) groups excluding carboxylic acids is 3. The first-order valence-electron chi connectivity index (χ1n) is 8.52. The van der Waals surface area contributed by atoms with Crippen molar-refractivity contribution in [3.63, 3.8) is 0 Å². The summed E-state index contributed by atoms with van der Waals surface area (Å²) in [4.78, 5) is 38.5. The van der Waals surface area contributed by atoms with Gasteiger partial charge in [-0.1, -0.05) is 0 Å². The molecular weight excluding hydrogens is 334 g/mol. The van der Waals surface area contributed by atoms with Gasteiger partial charge in [0.25, 0.3) is 5.91 Å². The van der Waals surface area contributed by atoms with Gasteiger partial charge in [-0.3, -0.25) is 24.9 Å². The number of rotatable bonds is 5. The molecule has 2 N–H and O–H groups in total. The number of imide groups is 1. The van der Waals surface area contributed by atoms with Crippen molar-refractivity contribution in [2.24, 2.45) is 0 Å². The molecule has 0 spiro atoms. The number of amides is 4. The Kier molecular flexibility index (Phi) is 3.95. The Bertz CT molecular complexity index is 869. The van der Waals surface area contributed by atoms with Crippen LogP contribution in [0, 0.1) is 0 Å². The summed E-state index contributed by atoms with van der Waals surface area (Å²) in [6.07, 6.45) is 2.37. The molecule has 4 amide bonds. The van der Waals surface area contributed by atoms with E-state index in [-0.39, 0.29) is 18.4 Å². The number of anilines is 1. The van der Waals surface area contributed by atoms with Crippen molar-refractivity contribution in [2.75, 3.05) is 18.5 Å². The summed E-state index contributed by atoms with van der Waals surface area (Å²) in [6.45, 7) is 0.443. The van der Waals surface area contributed by atoms with E-state index in [1.54, 1.807) is 36.2 Å². The second-order valence-corrected chi connectivity index (χ2v) is 6.74. The van der Waals surface area contributed by atoms with Crippen LogP contribution in [0.1, 0.15) is 40.5 Å². The molecule has 4 rings (SSSR count). The molecule has 2 aromatic rings. The lowest BCUT2D eigenvalue weighted by molar-refractivity contribution is -0.117. The Hall–Kier alpha value is -3.16. The third kappa shape index (κ3) is 3.17. The summed E-state index contributed by atoms with van der Waals surface area (Å²) in [5.41, 5.74) is 3.08. The lowest BCUT2D eigenvalue weighted by Crippen LogP contribution is -2.28. The highest BCUT2D eigenvalue weighted by atomic mass is 16.2. The zero-order valence-corrected chi connectivity index (χ0v) is 14.4. The SMILES string of the molecule is CN(Cc1cc(C2CC2)n[nH]1)C(=O)c1ccc(N2CC(=O)NC2=O)cc1. The first-order valence-corrected chi connectivity index (χ1v) is 8.52. The van der Waals surface area contributed by atoms with Crippen molar-refractivity contribution in [3.8, 4) is 0 Å². The molecule has 0 bridgehead atoms. The summed E-state index contributed by atoms with van der Waals surface area (Å²) in [5.74, 6) is 0.115. The van der Waals surface area contributed by atoms with Crippen LogP contribution < -0.4 is 10.2 Å². The third-order valence-corrected chi connectivity index (χ3v) is 4.62. The molecule has 2 aliphatic rings. The summed E-state index contributed by atoms with van der Waals surface area (Å²) >= 11 is 0. The van der Waals surface area contributed by atoms with Crippen LogP contribution in [-0.2, 0) is 11.3 Å². The predicted octanol–water partition coefficient (Wildman–Crippen LogP) is 1.62. The van der Waals surface area contributed by atoms with Gasteiger partial charge < -0.3 is 4.90 Å². The van der Waals surface area contributed by atoms with Crippen molar-refractivity contribution in [2.45, 2.75) is 25.3 Å². The number of nitrogens with one attached hydrogen (secondary N) is 2. The van der Waals surface area contributed by atoms with Gasteiger partial charge in [-0.25, -0.2) is 4.79 Å². The van der Waals surface area contributed by atoms with Crippen LogP contribution in [0.2, 0.25) is 0 Å². The number of nitrogens with zero attached hydrogens (tertiary/aromatic N) is 3. The largest absolute Gasteiger partial charge is 0.336 e. The molecule has 1 aliphatic carbocycles. The zero-order valence-electron chi connectivity index (χ0n) is 14.4. The van der Waals surface area contributed by atoms with Crippen LogP contribution in [0.15, 0.2) is 30.3 Å². The normalized spacial score (nSPS) is 16.7. The molecule has 1 saturated heterocycles. The molecule has 1 aromatic heterocycles. The lowest BCUT2D eigenvalue weighted by Gasteiger charge is -2.17. The summed E-state index contributed by atoms with van der Waals surface area (Å²) < 4.78 is 0. The van der Waals surface area contributed by atoms with Gasteiger partial charge in [0.05, 0.1) is 17.9 Å². The fourth-order valence-corrected chi connectivity index (χ4v) is 3.03. The zero-order chi connectivity index (χ0) is 18.3. The molecule has 8 nitrogen and oxygen atoms in total. The van der Waals surface area contributed by atoms with Crippen LogP contribution >= 0.6 is 0 Å². The molecule has 26 heavy (non-hydrogen) atoms. The first-order chi connectivity index (χ1) is 12.5. The second-order valence-electron chi connectivity index (χ2n) is 6.74. The van der Waals surface area contributed by atoms with E-state index in [1.165, 1.54) is 17.7 Å². The molecule has 2 heterocycles. The fourth-order valence-electron chi connectivity index (χ4n) is 3.03. The van der Waals surface area contributed by atoms with Gasteiger partial charge in [-0.2, -0.15) is 5.10 Å². The van der Waals surface area contributed by atoms with E-state index < -0.39 is 6.03 Å². The molecule has 134 valence electrons. The number of benzene rings is 1. The number of H-pyrrole nitrogens is 1. The fraction of sp³-hybridized carbons (Fsp3) is 0.333. The van der Waals surface area contributed by atoms with E-state index in [0.29, 0.717) is 23.7 Å². The van der Waals surface area contributed by atoms with Crippen molar-refractivity contribution < 1.29 is 14.4 Å². The lowest BCUT2D eigenvalue weighted by atomic mass is 10.1. The molecule has 1 saturated carbocycles. The van der Waals surface area contributed by atoms with E-state index in [0.717, 1.165) is 11.4 Å². The van der Waals surface area contributed by atoms with E-state index in [2.05, 4.69) is 15.5 Å². The van der Waals surface area contributed by atoms with Crippen molar-refractivity contribution in [3.05, 3.63) is 47.3 Å². The van der Waals surface area contributed by atoms with Gasteiger partial charge in [0.2, 0.25) is 5.91 Å². The van der Waals surface area contributed by atoms with Crippen LogP contribution in [0.3, 0.4) is 0 Å². The highest BCUT2D eigenvalue weighted by molar-refractivity contribution is 6.12. The molecule has 1 aromatic carbocycles. The number of aromatic nitrogens is 2. The summed E-state index contributed by atoms with van der Waals surface area (Å²) in [7, 11) is 1.74. The van der Waals surface area contributed by atoms with Crippen LogP contribution in [0.25, 0.3) is 0 Å². The quantitative estimate of drug-likeness (QED) is 0.798. The second kappa shape index (κ2) is 6.29. The molecule has 1 aliphatic heterocycles. The Morgan fingerprint density at radius 3 is 2.62 bits per heavy atom. The van der Waals surface area contributed by atoms with Crippen LogP contribution in [0.5, 0.6) is 0 Å². The number of carbonyl (C=O) groups is 3. The summed E-state index contributed by atoms with van der Waals surface area (Å²) in [6, 6.07) is 8.23. The van der Waals surface area contributed by atoms with Crippen LogP contribution in [0.4, 0.5) is 10.5 Å². The van der Waals surface area contributed by atoms with E-state index in [1.807, 2.05) is 6.07 Å². The first kappa shape index (κ1) is 16.3. The predicted molar refractivity (Wildman–Crippen MR) is 93.7 cm³/mol. The maximum absolute atomic E-state index is 12.6. The molecule has 0 radical (unpaired) electrons. The van der Waals surface area contributed by atoms with Gasteiger partial charge in [0.1, 0.15) is 6.54 Å². The summed E-state index contributed by atoms with van der Waals surface area (Å²) in [5, 5.41) is 9.52. The maximum Gasteiger partial charge on any atom is 0.329 e. The maximum atomic E-state index is 12.6. The topological polar surface area (TPSA) is 98.4 Å². The Morgan fingerprint density at radius 2 is 2.00 bits per heavy atom. The monoisotopic (exact) mass is 353 g/mol. The molecule has 0 unspecified atom stereocenters. The van der Waals surface area contributed by atoms with Crippen molar-refractivity contribution in [1.82, 2.24) is 20.4 Å². The van der Waals surface area contributed by atoms with Crippen LogP contribution in [-0.4, -0.2) is 46.5 Å².